The van der Waals surface area contributed by atoms with Crippen LogP contribution in [-0.2, 0) is 9.53 Å². The number of piperidine rings is 1. The summed E-state index contributed by atoms with van der Waals surface area (Å²) in [5, 5.41) is 3.26. The Morgan fingerprint density at radius 1 is 1.50 bits per heavy atom. The molecule has 0 bridgehead atoms. The minimum Gasteiger partial charge on any atom is -0.459 e. The first kappa shape index (κ1) is 13.5. The van der Waals surface area contributed by atoms with E-state index in [-0.39, 0.29) is 11.6 Å². The maximum absolute atomic E-state index is 11.6. The summed E-state index contributed by atoms with van der Waals surface area (Å²) in [7, 11) is 1.97. The van der Waals surface area contributed by atoms with Crippen molar-refractivity contribution in [2.24, 2.45) is 0 Å². The van der Waals surface area contributed by atoms with E-state index in [0.717, 1.165) is 19.5 Å². The van der Waals surface area contributed by atoms with Gasteiger partial charge in [0.2, 0.25) is 0 Å². The minimum absolute atomic E-state index is 0.121. The second-order valence-electron chi connectivity index (χ2n) is 5.45. The van der Waals surface area contributed by atoms with Gasteiger partial charge in [0.05, 0.1) is 6.54 Å². The number of rotatable bonds is 3. The summed E-state index contributed by atoms with van der Waals surface area (Å²) in [6.45, 7) is 8.05. The lowest BCUT2D eigenvalue weighted by Gasteiger charge is -2.32. The highest BCUT2D eigenvalue weighted by Gasteiger charge is 2.23. The van der Waals surface area contributed by atoms with Gasteiger partial charge in [0.15, 0.2) is 0 Å². The van der Waals surface area contributed by atoms with Crippen LogP contribution < -0.4 is 5.32 Å². The molecule has 0 radical (unpaired) electrons. The maximum Gasteiger partial charge on any atom is 0.320 e. The number of hydrogen-bond acceptors (Lipinski definition) is 4. The highest BCUT2D eigenvalue weighted by atomic mass is 16.6. The lowest BCUT2D eigenvalue weighted by Crippen LogP contribution is -2.46. The number of carbonyl (C=O) groups excluding carboxylic acids is 1. The summed E-state index contributed by atoms with van der Waals surface area (Å²) in [5.74, 6) is -0.121. The zero-order valence-electron chi connectivity index (χ0n) is 10.9. The molecule has 16 heavy (non-hydrogen) atoms. The summed E-state index contributed by atoms with van der Waals surface area (Å²) in [6.07, 6.45) is 2.34. The van der Waals surface area contributed by atoms with Crippen molar-refractivity contribution in [3.8, 4) is 0 Å². The molecule has 1 saturated heterocycles. The Bertz CT molecular complexity index is 236. The van der Waals surface area contributed by atoms with Gasteiger partial charge in [0.1, 0.15) is 5.60 Å². The van der Waals surface area contributed by atoms with Crippen LogP contribution in [0.2, 0.25) is 0 Å². The molecule has 4 heteroatoms. The predicted molar refractivity (Wildman–Crippen MR) is 64.4 cm³/mol. The summed E-state index contributed by atoms with van der Waals surface area (Å²) in [6, 6.07) is 0.510. The van der Waals surface area contributed by atoms with Crippen LogP contribution in [0, 0.1) is 0 Å². The fourth-order valence-electron chi connectivity index (χ4n) is 1.99. The zero-order valence-corrected chi connectivity index (χ0v) is 10.9. The van der Waals surface area contributed by atoms with E-state index in [4.69, 9.17) is 4.74 Å². The molecule has 4 nitrogen and oxygen atoms in total. The molecular weight excluding hydrogens is 204 g/mol. The first-order chi connectivity index (χ1) is 7.40. The largest absolute Gasteiger partial charge is 0.459 e. The Balaban J connectivity index is 2.33. The average molecular weight is 228 g/mol. The molecule has 0 spiro atoms. The third-order valence-corrected chi connectivity index (χ3v) is 2.69. The van der Waals surface area contributed by atoms with E-state index in [9.17, 15) is 4.79 Å². The second kappa shape index (κ2) is 5.64. The fourth-order valence-corrected chi connectivity index (χ4v) is 1.99. The van der Waals surface area contributed by atoms with Crippen LogP contribution in [-0.4, -0.2) is 49.2 Å². The van der Waals surface area contributed by atoms with Gasteiger partial charge in [-0.25, -0.2) is 0 Å². The molecular formula is C12H24N2O2. The van der Waals surface area contributed by atoms with Crippen LogP contribution in [0.4, 0.5) is 0 Å². The molecule has 0 aromatic heterocycles. The molecule has 1 fully saturated rings. The van der Waals surface area contributed by atoms with Crippen LogP contribution in [0.25, 0.3) is 0 Å². The Labute approximate surface area is 98.3 Å². The first-order valence-corrected chi connectivity index (χ1v) is 6.02. The highest BCUT2D eigenvalue weighted by Crippen LogP contribution is 2.11. The Hall–Kier alpha value is -0.610. The third kappa shape index (κ3) is 4.94. The molecule has 1 aliphatic rings. The van der Waals surface area contributed by atoms with Gasteiger partial charge in [-0.2, -0.15) is 0 Å². The third-order valence-electron chi connectivity index (χ3n) is 2.69. The lowest BCUT2D eigenvalue weighted by atomic mass is 10.1. The van der Waals surface area contributed by atoms with Gasteiger partial charge in [-0.1, -0.05) is 0 Å². The molecule has 0 saturated carbocycles. The predicted octanol–water partition coefficient (Wildman–Crippen LogP) is 1.01. The molecule has 1 heterocycles. The number of nitrogens with one attached hydrogen (secondary N) is 1. The molecule has 1 atom stereocenters. The number of hydrogen-bond donors (Lipinski definition) is 1. The summed E-state index contributed by atoms with van der Waals surface area (Å²) >= 11 is 0. The maximum atomic E-state index is 11.6. The van der Waals surface area contributed by atoms with Gasteiger partial charge >= 0.3 is 5.97 Å². The fraction of sp³-hybridized carbons (Fsp3) is 0.917. The van der Waals surface area contributed by atoms with Gasteiger partial charge in [0, 0.05) is 12.6 Å². The molecule has 1 aliphatic heterocycles. The molecule has 94 valence electrons. The van der Waals surface area contributed by atoms with E-state index in [2.05, 4.69) is 10.2 Å². The van der Waals surface area contributed by atoms with Gasteiger partial charge in [-0.15, -0.1) is 0 Å². The summed E-state index contributed by atoms with van der Waals surface area (Å²) in [4.78, 5) is 13.8. The molecule has 0 aliphatic carbocycles. The molecule has 0 aromatic carbocycles. The number of likely N-dealkylation sites (N-methyl/N-ethyl adjacent to an activating group) is 1. The van der Waals surface area contributed by atoms with Crippen LogP contribution in [0.1, 0.15) is 33.6 Å². The van der Waals surface area contributed by atoms with Crippen molar-refractivity contribution in [2.45, 2.75) is 45.3 Å². The van der Waals surface area contributed by atoms with Gasteiger partial charge < -0.3 is 10.1 Å². The lowest BCUT2D eigenvalue weighted by molar-refractivity contribution is -0.156. The Morgan fingerprint density at radius 3 is 2.75 bits per heavy atom. The van der Waals surface area contributed by atoms with Crippen molar-refractivity contribution in [2.75, 3.05) is 26.7 Å². The van der Waals surface area contributed by atoms with Crippen molar-refractivity contribution in [3.63, 3.8) is 0 Å². The summed E-state index contributed by atoms with van der Waals surface area (Å²) in [5.41, 5.74) is -0.380. The molecule has 1 rings (SSSR count). The van der Waals surface area contributed by atoms with E-state index in [1.165, 1.54) is 6.42 Å². The minimum atomic E-state index is -0.380. The van der Waals surface area contributed by atoms with E-state index in [1.54, 1.807) is 0 Å². The molecule has 1 N–H and O–H groups in total. The molecule has 1 unspecified atom stereocenters. The quantitative estimate of drug-likeness (QED) is 0.732. The smallest absolute Gasteiger partial charge is 0.320 e. The number of likely N-dealkylation sites (tertiary alicyclic amines) is 1. The average Bonchev–Trinajstić information content (AvgIpc) is 2.15. The van der Waals surface area contributed by atoms with Crippen molar-refractivity contribution in [1.82, 2.24) is 10.2 Å². The Morgan fingerprint density at radius 2 is 2.19 bits per heavy atom. The van der Waals surface area contributed by atoms with Crippen molar-refractivity contribution in [1.29, 1.82) is 0 Å². The SMILES string of the molecule is CNC1CCCN(CC(=O)OC(C)(C)C)C1. The van der Waals surface area contributed by atoms with Crippen LogP contribution in [0.5, 0.6) is 0 Å². The van der Waals surface area contributed by atoms with E-state index < -0.39 is 0 Å². The number of nitrogens with zero attached hydrogens (tertiary/aromatic N) is 1. The van der Waals surface area contributed by atoms with Gasteiger partial charge in [-0.3, -0.25) is 9.69 Å². The van der Waals surface area contributed by atoms with E-state index in [1.807, 2.05) is 27.8 Å². The number of esters is 1. The summed E-state index contributed by atoms with van der Waals surface area (Å²) < 4.78 is 5.31. The van der Waals surface area contributed by atoms with Crippen molar-refractivity contribution < 1.29 is 9.53 Å². The van der Waals surface area contributed by atoms with Crippen LogP contribution in [0.3, 0.4) is 0 Å². The zero-order chi connectivity index (χ0) is 12.2. The topological polar surface area (TPSA) is 41.6 Å². The molecule has 0 amide bonds. The van der Waals surface area contributed by atoms with Crippen LogP contribution in [0.15, 0.2) is 0 Å². The van der Waals surface area contributed by atoms with Crippen LogP contribution >= 0.6 is 0 Å². The van der Waals surface area contributed by atoms with Crippen molar-refractivity contribution in [3.05, 3.63) is 0 Å². The van der Waals surface area contributed by atoms with Crippen molar-refractivity contribution >= 4 is 5.97 Å². The highest BCUT2D eigenvalue weighted by molar-refractivity contribution is 5.72. The second-order valence-corrected chi connectivity index (χ2v) is 5.45. The normalized spacial score (nSPS) is 23.1. The van der Waals surface area contributed by atoms with Gasteiger partial charge in [0.25, 0.3) is 0 Å². The number of carbonyl (C=O) groups is 1. The first-order valence-electron chi connectivity index (χ1n) is 6.02. The van der Waals surface area contributed by atoms with E-state index in [0.29, 0.717) is 12.6 Å². The standard InChI is InChI=1S/C12H24N2O2/c1-12(2,3)16-11(15)9-14-7-5-6-10(8-14)13-4/h10,13H,5-9H2,1-4H3. The monoisotopic (exact) mass is 228 g/mol. The van der Waals surface area contributed by atoms with E-state index >= 15 is 0 Å². The molecule has 0 aromatic rings. The Kier molecular flexibility index (Phi) is 4.74. The van der Waals surface area contributed by atoms with Gasteiger partial charge in [-0.05, 0) is 47.2 Å². The number of ether oxygens (including phenoxy) is 1.